The number of rotatable bonds is 7. The lowest BCUT2D eigenvalue weighted by Crippen LogP contribution is -2.28. The van der Waals surface area contributed by atoms with E-state index in [1.54, 1.807) is 26.0 Å². The molecular formula is C25H25F3O8S. The molecule has 1 aromatic heterocycles. The molecule has 0 amide bonds. The van der Waals surface area contributed by atoms with Gasteiger partial charge in [-0.1, -0.05) is 23.3 Å². The van der Waals surface area contributed by atoms with E-state index in [0.717, 1.165) is 30.4 Å². The molecule has 0 atom stereocenters. The Morgan fingerprint density at radius 2 is 1.51 bits per heavy atom. The van der Waals surface area contributed by atoms with Crippen molar-refractivity contribution < 1.29 is 45.1 Å². The number of methoxy groups -OCH3 is 1. The van der Waals surface area contributed by atoms with Crippen molar-refractivity contribution in [3.05, 3.63) is 56.8 Å². The summed E-state index contributed by atoms with van der Waals surface area (Å²) in [6.07, 6.45) is 3.42. The number of alkyl halides is 3. The van der Waals surface area contributed by atoms with Crippen LogP contribution >= 0.6 is 0 Å². The molecule has 0 radical (unpaired) electrons. The predicted octanol–water partition coefficient (Wildman–Crippen LogP) is 5.61. The summed E-state index contributed by atoms with van der Waals surface area (Å²) in [7, 11) is -5.01. The van der Waals surface area contributed by atoms with E-state index in [1.807, 2.05) is 13.8 Å². The third kappa shape index (κ3) is 5.38. The average molecular weight is 543 g/mol. The first-order valence-corrected chi connectivity index (χ1v) is 12.3. The first-order chi connectivity index (χ1) is 17.1. The van der Waals surface area contributed by atoms with E-state index in [1.165, 1.54) is 0 Å². The summed E-state index contributed by atoms with van der Waals surface area (Å²) in [5.41, 5.74) is -5.33. The van der Waals surface area contributed by atoms with E-state index in [-0.39, 0.29) is 51.7 Å². The Bertz CT molecular complexity index is 1610. The van der Waals surface area contributed by atoms with Crippen molar-refractivity contribution in [3.63, 3.8) is 0 Å². The number of phenolic OH excluding ortho intramolecular Hbond substituents is 2. The molecule has 0 bridgehead atoms. The highest BCUT2D eigenvalue weighted by atomic mass is 32.2. The molecule has 37 heavy (non-hydrogen) atoms. The third-order valence-corrected chi connectivity index (χ3v) is 6.41. The highest BCUT2D eigenvalue weighted by Gasteiger charge is 2.49. The molecule has 3 rings (SSSR count). The first-order valence-electron chi connectivity index (χ1n) is 10.9. The van der Waals surface area contributed by atoms with E-state index in [9.17, 15) is 36.6 Å². The van der Waals surface area contributed by atoms with Crippen LogP contribution < -0.4 is 14.3 Å². The Balaban J connectivity index is 2.48. The molecule has 1 heterocycles. The van der Waals surface area contributed by atoms with Gasteiger partial charge in [-0.05, 0) is 40.5 Å². The zero-order chi connectivity index (χ0) is 27.9. The fourth-order valence-electron chi connectivity index (χ4n) is 3.67. The van der Waals surface area contributed by atoms with Gasteiger partial charge in [-0.2, -0.15) is 21.6 Å². The van der Waals surface area contributed by atoms with Crippen LogP contribution in [0, 0.1) is 0 Å². The minimum atomic E-state index is -6.09. The standard InChI is InChI=1S/C25H25F3O8S/c1-12(2)6-8-14-16(29)10-17-21(22(14)30)23(31)20-15(9-7-13(3)4)24(34-5)19(11-18(20)35-17)36-37(32,33)25(26,27)28/h6-7,10-11,29-30H,8-9H2,1-5H3. The molecule has 0 fully saturated rings. The van der Waals surface area contributed by atoms with Gasteiger partial charge in [0, 0.05) is 23.3 Å². The molecule has 0 aliphatic carbocycles. The molecule has 12 heteroatoms. The number of halogens is 3. The summed E-state index contributed by atoms with van der Waals surface area (Å²) in [5.74, 6) is -2.16. The van der Waals surface area contributed by atoms with Crippen molar-refractivity contribution in [2.45, 2.75) is 46.0 Å². The molecule has 0 aliphatic heterocycles. The number of aromatic hydroxyl groups is 2. The molecule has 0 spiro atoms. The SMILES string of the molecule is COc1c(OS(=O)(=O)C(F)(F)F)cc2oc3cc(O)c(CC=C(C)C)c(O)c3c(=O)c2c1CC=C(C)C. The number of fused-ring (bicyclic) bond motifs is 2. The quantitative estimate of drug-likeness (QED) is 0.171. The maximum atomic E-state index is 13.7. The second-order valence-electron chi connectivity index (χ2n) is 8.74. The zero-order valence-electron chi connectivity index (χ0n) is 20.6. The van der Waals surface area contributed by atoms with E-state index in [2.05, 4.69) is 4.18 Å². The Morgan fingerprint density at radius 1 is 0.973 bits per heavy atom. The zero-order valence-corrected chi connectivity index (χ0v) is 21.4. The summed E-state index contributed by atoms with van der Waals surface area (Å²) in [6.45, 7) is 7.12. The Morgan fingerprint density at radius 3 is 2.03 bits per heavy atom. The van der Waals surface area contributed by atoms with E-state index < -0.39 is 38.3 Å². The summed E-state index contributed by atoms with van der Waals surface area (Å²) < 4.78 is 77.8. The molecule has 8 nitrogen and oxygen atoms in total. The van der Waals surface area contributed by atoms with Crippen LogP contribution in [0.3, 0.4) is 0 Å². The number of benzene rings is 2. The molecule has 0 aliphatic rings. The van der Waals surface area contributed by atoms with Crippen LogP contribution in [0.5, 0.6) is 23.0 Å². The Kier molecular flexibility index (Phi) is 7.54. The van der Waals surface area contributed by atoms with Crippen molar-refractivity contribution in [2.75, 3.05) is 7.11 Å². The molecular weight excluding hydrogens is 517 g/mol. The number of ether oxygens (including phenoxy) is 1. The van der Waals surface area contributed by atoms with E-state index in [0.29, 0.717) is 0 Å². The van der Waals surface area contributed by atoms with Gasteiger partial charge in [0.1, 0.15) is 28.1 Å². The smallest absolute Gasteiger partial charge is 0.507 e. The van der Waals surface area contributed by atoms with E-state index in [4.69, 9.17) is 9.15 Å². The number of hydrogen-bond acceptors (Lipinski definition) is 8. The molecule has 0 saturated carbocycles. The van der Waals surface area contributed by atoms with Gasteiger partial charge in [-0.25, -0.2) is 0 Å². The lowest BCUT2D eigenvalue weighted by molar-refractivity contribution is -0.0500. The van der Waals surface area contributed by atoms with Crippen LogP contribution in [-0.4, -0.2) is 31.2 Å². The molecule has 2 aromatic carbocycles. The minimum Gasteiger partial charge on any atom is -0.507 e. The van der Waals surface area contributed by atoms with Gasteiger partial charge >= 0.3 is 15.6 Å². The van der Waals surface area contributed by atoms with Crippen molar-refractivity contribution in [1.82, 2.24) is 0 Å². The van der Waals surface area contributed by atoms with Gasteiger partial charge in [-0.3, -0.25) is 4.79 Å². The molecule has 200 valence electrons. The van der Waals surface area contributed by atoms with Crippen molar-refractivity contribution in [3.8, 4) is 23.0 Å². The van der Waals surface area contributed by atoms with Crippen molar-refractivity contribution in [1.29, 1.82) is 0 Å². The third-order valence-electron chi connectivity index (χ3n) is 5.44. The lowest BCUT2D eigenvalue weighted by Gasteiger charge is -2.17. The topological polar surface area (TPSA) is 123 Å². The molecule has 3 aromatic rings. The second kappa shape index (κ2) is 10.0. The number of phenols is 2. The van der Waals surface area contributed by atoms with Crippen molar-refractivity contribution >= 4 is 32.1 Å². The average Bonchev–Trinajstić information content (AvgIpc) is 2.75. The summed E-state index contributed by atoms with van der Waals surface area (Å²) in [6, 6.07) is 1.88. The highest BCUT2D eigenvalue weighted by molar-refractivity contribution is 7.88. The highest BCUT2D eigenvalue weighted by Crippen LogP contribution is 2.42. The van der Waals surface area contributed by atoms with Crippen LogP contribution in [0.2, 0.25) is 0 Å². The molecule has 2 N–H and O–H groups in total. The predicted molar refractivity (Wildman–Crippen MR) is 132 cm³/mol. The first kappa shape index (κ1) is 27.9. The lowest BCUT2D eigenvalue weighted by atomic mass is 9.98. The fraction of sp³-hybridized carbons (Fsp3) is 0.320. The molecule has 0 saturated heterocycles. The Labute approximate surface area is 210 Å². The van der Waals surface area contributed by atoms with Crippen LogP contribution in [0.15, 0.2) is 44.6 Å². The number of hydrogen-bond donors (Lipinski definition) is 2. The maximum Gasteiger partial charge on any atom is 0.534 e. The van der Waals surface area contributed by atoms with Gasteiger partial charge in [0.2, 0.25) is 5.43 Å². The Hall–Kier alpha value is -3.67. The van der Waals surface area contributed by atoms with Crippen LogP contribution in [0.4, 0.5) is 13.2 Å². The van der Waals surface area contributed by atoms with Gasteiger partial charge in [-0.15, -0.1) is 0 Å². The summed E-state index contributed by atoms with van der Waals surface area (Å²) >= 11 is 0. The maximum absolute atomic E-state index is 13.7. The van der Waals surface area contributed by atoms with Gasteiger partial charge < -0.3 is 23.6 Å². The molecule has 0 unspecified atom stereocenters. The van der Waals surface area contributed by atoms with E-state index >= 15 is 0 Å². The number of allylic oxidation sites excluding steroid dienone is 4. The van der Waals surface area contributed by atoms with Gasteiger partial charge in [0.15, 0.2) is 11.5 Å². The fourth-order valence-corrected chi connectivity index (χ4v) is 4.13. The van der Waals surface area contributed by atoms with Crippen LogP contribution in [-0.2, 0) is 23.0 Å². The van der Waals surface area contributed by atoms with Crippen LogP contribution in [0.25, 0.3) is 21.9 Å². The van der Waals surface area contributed by atoms with Gasteiger partial charge in [0.05, 0.1) is 12.5 Å². The van der Waals surface area contributed by atoms with Crippen LogP contribution in [0.1, 0.15) is 38.8 Å². The summed E-state index contributed by atoms with van der Waals surface area (Å²) in [5, 5.41) is 20.9. The van der Waals surface area contributed by atoms with Crippen molar-refractivity contribution in [2.24, 2.45) is 0 Å². The monoisotopic (exact) mass is 542 g/mol. The minimum absolute atomic E-state index is 0.0115. The largest absolute Gasteiger partial charge is 0.534 e. The van der Waals surface area contributed by atoms with Gasteiger partial charge in [0.25, 0.3) is 0 Å². The summed E-state index contributed by atoms with van der Waals surface area (Å²) in [4.78, 5) is 13.7. The second-order valence-corrected chi connectivity index (χ2v) is 10.3. The normalized spacial score (nSPS) is 12.0.